The van der Waals surface area contributed by atoms with Crippen LogP contribution in [0.5, 0.6) is 0 Å². The molecule has 1 amide bonds. The van der Waals surface area contributed by atoms with Crippen LogP contribution in [0.3, 0.4) is 0 Å². The van der Waals surface area contributed by atoms with Crippen molar-refractivity contribution >= 4 is 69.7 Å². The molecule has 0 atom stereocenters. The van der Waals surface area contributed by atoms with Crippen LogP contribution in [0, 0.1) is 0 Å². The Balaban J connectivity index is 1.62. The second-order valence-electron chi connectivity index (χ2n) is 5.87. The second-order valence-corrected chi connectivity index (χ2v) is 8.64. The molecule has 2 aromatic heterocycles. The average Bonchev–Trinajstić information content (AvgIpc) is 3.46. The lowest BCUT2D eigenvalue weighted by Crippen LogP contribution is -2.28. The molecule has 4 rings (SSSR count). The van der Waals surface area contributed by atoms with Crippen molar-refractivity contribution in [3.8, 4) is 0 Å². The summed E-state index contributed by atoms with van der Waals surface area (Å²) >= 11 is 15.0. The van der Waals surface area contributed by atoms with Gasteiger partial charge in [-0.05, 0) is 47.5 Å². The van der Waals surface area contributed by atoms with Gasteiger partial charge in [-0.25, -0.2) is 0 Å². The van der Waals surface area contributed by atoms with E-state index in [1.807, 2.05) is 29.7 Å². The summed E-state index contributed by atoms with van der Waals surface area (Å²) in [5.74, 6) is 0.514. The van der Waals surface area contributed by atoms with Gasteiger partial charge in [0.25, 0.3) is 5.91 Å². The second kappa shape index (κ2) is 9.00. The molecule has 0 aliphatic carbocycles. The van der Waals surface area contributed by atoms with Crippen LogP contribution < -0.4 is 0 Å². The molecule has 3 aromatic rings. The maximum absolute atomic E-state index is 12.9. The highest BCUT2D eigenvalue weighted by Crippen LogP contribution is 2.34. The smallest absolute Gasteiger partial charge is 0.267 e. The van der Waals surface area contributed by atoms with Gasteiger partial charge < -0.3 is 4.42 Å². The zero-order valence-corrected chi connectivity index (χ0v) is 17.9. The minimum atomic E-state index is -0.144. The predicted octanol–water partition coefficient (Wildman–Crippen LogP) is 6.15. The molecule has 1 saturated heterocycles. The standard InChI is InChI=1S/C20H13Cl2N3O2S2/c21-16-7-1-4-13(18(16)22)11-23-24-20-25(12-14-5-2-8-27-14)19(26)17(29-20)10-15-6-3-9-28-15/h1-11H,12H2/b17-10-,23-11+,24-20-. The number of amidine groups is 1. The number of furan rings is 1. The summed E-state index contributed by atoms with van der Waals surface area (Å²) < 4.78 is 5.39. The van der Waals surface area contributed by atoms with E-state index in [1.165, 1.54) is 18.0 Å². The Kier molecular flexibility index (Phi) is 6.20. The number of halogens is 2. The normalized spacial score (nSPS) is 17.3. The molecule has 0 radical (unpaired) electrons. The van der Waals surface area contributed by atoms with E-state index in [1.54, 1.807) is 46.8 Å². The number of hydrogen-bond acceptors (Lipinski definition) is 6. The molecule has 5 nitrogen and oxygen atoms in total. The topological polar surface area (TPSA) is 58.2 Å². The molecule has 0 saturated carbocycles. The van der Waals surface area contributed by atoms with Crippen LogP contribution in [0.25, 0.3) is 6.08 Å². The number of hydrogen-bond donors (Lipinski definition) is 0. The Morgan fingerprint density at radius 2 is 2.03 bits per heavy atom. The fraction of sp³-hybridized carbons (Fsp3) is 0.0500. The third-order valence-electron chi connectivity index (χ3n) is 3.92. The van der Waals surface area contributed by atoms with Gasteiger partial charge in [0.15, 0.2) is 5.17 Å². The fourth-order valence-electron chi connectivity index (χ4n) is 2.54. The summed E-state index contributed by atoms with van der Waals surface area (Å²) in [7, 11) is 0. The molecule has 0 spiro atoms. The highest BCUT2D eigenvalue weighted by molar-refractivity contribution is 8.18. The minimum Gasteiger partial charge on any atom is -0.467 e. The SMILES string of the molecule is O=C1/C(=C/c2cccs2)S/C(=N\N=C\c2cccc(Cl)c2Cl)N1Cc1ccco1. The van der Waals surface area contributed by atoms with Crippen LogP contribution in [0.4, 0.5) is 0 Å². The number of amides is 1. The number of benzene rings is 1. The molecule has 0 N–H and O–H groups in total. The van der Waals surface area contributed by atoms with Crippen LogP contribution in [0.2, 0.25) is 10.0 Å². The van der Waals surface area contributed by atoms with E-state index in [0.717, 1.165) is 4.88 Å². The number of carbonyl (C=O) groups excluding carboxylic acids is 1. The van der Waals surface area contributed by atoms with E-state index < -0.39 is 0 Å². The van der Waals surface area contributed by atoms with Crippen molar-refractivity contribution in [3.05, 3.63) is 85.3 Å². The first kappa shape index (κ1) is 20.0. The van der Waals surface area contributed by atoms with Crippen molar-refractivity contribution in [3.63, 3.8) is 0 Å². The van der Waals surface area contributed by atoms with Crippen LogP contribution in [0.15, 0.2) is 73.6 Å². The molecule has 1 aromatic carbocycles. The van der Waals surface area contributed by atoms with E-state index >= 15 is 0 Å². The zero-order valence-electron chi connectivity index (χ0n) is 14.8. The van der Waals surface area contributed by atoms with E-state index in [2.05, 4.69) is 10.2 Å². The van der Waals surface area contributed by atoms with Crippen molar-refractivity contribution in [1.82, 2.24) is 4.90 Å². The van der Waals surface area contributed by atoms with Crippen molar-refractivity contribution in [2.45, 2.75) is 6.54 Å². The average molecular weight is 462 g/mol. The molecule has 29 heavy (non-hydrogen) atoms. The maximum atomic E-state index is 12.9. The lowest BCUT2D eigenvalue weighted by Gasteiger charge is -2.12. The molecular formula is C20H13Cl2N3O2S2. The fourth-order valence-corrected chi connectivity index (χ4v) is 4.56. The molecular weight excluding hydrogens is 449 g/mol. The van der Waals surface area contributed by atoms with Gasteiger partial charge in [0.05, 0.1) is 34.0 Å². The number of thiophene rings is 1. The maximum Gasteiger partial charge on any atom is 0.267 e. The number of nitrogens with zero attached hydrogens (tertiary/aromatic N) is 3. The molecule has 3 heterocycles. The van der Waals surface area contributed by atoms with Crippen molar-refractivity contribution in [2.75, 3.05) is 0 Å². The van der Waals surface area contributed by atoms with Crippen LogP contribution in [-0.2, 0) is 11.3 Å². The summed E-state index contributed by atoms with van der Waals surface area (Å²) in [6, 6.07) is 12.8. The first-order valence-electron chi connectivity index (χ1n) is 8.44. The van der Waals surface area contributed by atoms with E-state index in [9.17, 15) is 4.79 Å². The molecule has 1 aliphatic rings. The van der Waals surface area contributed by atoms with E-state index in [-0.39, 0.29) is 12.5 Å². The van der Waals surface area contributed by atoms with E-state index in [0.29, 0.717) is 31.4 Å². The summed E-state index contributed by atoms with van der Waals surface area (Å²) in [5, 5.41) is 11.6. The summed E-state index contributed by atoms with van der Waals surface area (Å²) in [5.41, 5.74) is 0.643. The van der Waals surface area contributed by atoms with Gasteiger partial charge in [-0.15, -0.1) is 16.4 Å². The Bertz CT molecular complexity index is 1110. The Labute approximate surface area is 185 Å². The van der Waals surface area contributed by atoms with Crippen molar-refractivity contribution < 1.29 is 9.21 Å². The summed E-state index contributed by atoms with van der Waals surface area (Å²) in [6.45, 7) is 0.271. The third kappa shape index (κ3) is 4.64. The number of rotatable bonds is 5. The first-order valence-corrected chi connectivity index (χ1v) is 10.9. The Morgan fingerprint density at radius 1 is 1.14 bits per heavy atom. The van der Waals surface area contributed by atoms with Crippen LogP contribution in [-0.4, -0.2) is 22.2 Å². The molecule has 9 heteroatoms. The molecule has 1 fully saturated rings. The number of carbonyl (C=O) groups is 1. The molecule has 146 valence electrons. The minimum absolute atomic E-state index is 0.144. The van der Waals surface area contributed by atoms with Gasteiger partial charge in [-0.2, -0.15) is 5.10 Å². The third-order valence-corrected chi connectivity index (χ3v) is 6.57. The predicted molar refractivity (Wildman–Crippen MR) is 121 cm³/mol. The Hall–Kier alpha value is -2.32. The van der Waals surface area contributed by atoms with Crippen molar-refractivity contribution in [1.29, 1.82) is 0 Å². The first-order chi connectivity index (χ1) is 14.1. The lowest BCUT2D eigenvalue weighted by atomic mass is 10.2. The largest absolute Gasteiger partial charge is 0.467 e. The summed E-state index contributed by atoms with van der Waals surface area (Å²) in [6.07, 6.45) is 4.94. The van der Waals surface area contributed by atoms with Gasteiger partial charge in [0.1, 0.15) is 5.76 Å². The monoisotopic (exact) mass is 461 g/mol. The van der Waals surface area contributed by atoms with Gasteiger partial charge >= 0.3 is 0 Å². The van der Waals surface area contributed by atoms with Crippen molar-refractivity contribution in [2.24, 2.45) is 10.2 Å². The van der Waals surface area contributed by atoms with Gasteiger partial charge in [0, 0.05) is 10.4 Å². The van der Waals surface area contributed by atoms with Crippen LogP contribution in [0.1, 0.15) is 16.2 Å². The van der Waals surface area contributed by atoms with Gasteiger partial charge in [0.2, 0.25) is 0 Å². The summed E-state index contributed by atoms with van der Waals surface area (Å²) in [4.78, 5) is 16.0. The quantitative estimate of drug-likeness (QED) is 0.259. The molecule has 0 unspecified atom stereocenters. The number of thioether (sulfide) groups is 1. The molecule has 1 aliphatic heterocycles. The van der Waals surface area contributed by atoms with E-state index in [4.69, 9.17) is 27.6 Å². The van der Waals surface area contributed by atoms with Gasteiger partial charge in [-0.3, -0.25) is 9.69 Å². The van der Waals surface area contributed by atoms with Crippen LogP contribution >= 0.6 is 46.3 Å². The Morgan fingerprint density at radius 3 is 2.79 bits per heavy atom. The lowest BCUT2D eigenvalue weighted by molar-refractivity contribution is -0.122. The highest BCUT2D eigenvalue weighted by atomic mass is 35.5. The zero-order chi connectivity index (χ0) is 20.2. The van der Waals surface area contributed by atoms with Gasteiger partial charge in [-0.1, -0.05) is 41.4 Å². The molecule has 0 bridgehead atoms. The highest BCUT2D eigenvalue weighted by Gasteiger charge is 2.34.